The number of nitrogens with one attached hydrogen (secondary N) is 1. The highest BCUT2D eigenvalue weighted by Gasteiger charge is 2.21. The highest BCUT2D eigenvalue weighted by Crippen LogP contribution is 2.37. The van der Waals surface area contributed by atoms with Gasteiger partial charge in [-0.2, -0.15) is 10.2 Å². The number of rotatable bonds is 5. The summed E-state index contributed by atoms with van der Waals surface area (Å²) < 4.78 is 14.5. The second kappa shape index (κ2) is 8.45. The van der Waals surface area contributed by atoms with E-state index in [9.17, 15) is 4.79 Å². The Kier molecular flexibility index (Phi) is 5.33. The van der Waals surface area contributed by atoms with Gasteiger partial charge in [-0.05, 0) is 55.5 Å². The number of nitrogen functional groups attached to an aromatic ring is 1. The first kappa shape index (κ1) is 20.8. The molecule has 170 valence electrons. The molecule has 0 bridgehead atoms. The van der Waals surface area contributed by atoms with Gasteiger partial charge in [-0.15, -0.1) is 0 Å². The van der Waals surface area contributed by atoms with Gasteiger partial charge in [0.25, 0.3) is 0 Å². The van der Waals surface area contributed by atoms with Gasteiger partial charge in [0.15, 0.2) is 5.82 Å². The van der Waals surface area contributed by atoms with Gasteiger partial charge >= 0.3 is 6.09 Å². The first-order chi connectivity index (χ1) is 16.0. The van der Waals surface area contributed by atoms with Gasteiger partial charge in [-0.3, -0.25) is 10.00 Å². The third-order valence-corrected chi connectivity index (χ3v) is 5.88. The van der Waals surface area contributed by atoms with Crippen LogP contribution < -0.4 is 15.8 Å². The number of hydrogen-bond donors (Lipinski definition) is 2. The normalized spacial score (nSPS) is 14.0. The van der Waals surface area contributed by atoms with Crippen LogP contribution in [0.2, 0.25) is 0 Å². The zero-order chi connectivity index (χ0) is 22.9. The molecule has 0 saturated heterocycles. The highest BCUT2D eigenvalue weighted by molar-refractivity contribution is 5.93. The number of benzene rings is 1. The zero-order valence-electron chi connectivity index (χ0n) is 18.5. The number of fused-ring (bicyclic) bond motifs is 1. The maximum absolute atomic E-state index is 12.3. The van der Waals surface area contributed by atoms with E-state index in [4.69, 9.17) is 15.2 Å². The fourth-order valence-corrected chi connectivity index (χ4v) is 4.28. The number of hydrogen-bond acceptors (Lipinski definition) is 7. The monoisotopic (exact) mass is 447 g/mol. The number of nitrogens with two attached hydrogens (primary N) is 1. The summed E-state index contributed by atoms with van der Waals surface area (Å²) in [5.41, 5.74) is 10.6. The lowest BCUT2D eigenvalue weighted by Crippen LogP contribution is -2.20. The van der Waals surface area contributed by atoms with Gasteiger partial charge in [0.05, 0.1) is 18.5 Å². The molecular weight excluding hydrogens is 422 g/mol. The number of carbonyl (C=O) groups excluding carboxylic acids is 1. The summed E-state index contributed by atoms with van der Waals surface area (Å²) in [5.74, 6) is 0.855. The molecular formula is C23H25N7O3. The minimum atomic E-state index is -0.475. The topological polar surface area (TPSA) is 122 Å². The summed E-state index contributed by atoms with van der Waals surface area (Å²) in [5, 5.41) is 11.7. The molecule has 1 aromatic carbocycles. The van der Waals surface area contributed by atoms with Crippen LogP contribution in [0, 0.1) is 0 Å². The van der Waals surface area contributed by atoms with Crippen molar-refractivity contribution in [2.75, 3.05) is 18.2 Å². The summed E-state index contributed by atoms with van der Waals surface area (Å²) in [6, 6.07) is 9.40. The van der Waals surface area contributed by atoms with Gasteiger partial charge < -0.3 is 15.2 Å². The Morgan fingerprint density at radius 1 is 1.21 bits per heavy atom. The fraction of sp³-hybridized carbons (Fsp3) is 0.304. The van der Waals surface area contributed by atoms with Crippen LogP contribution in [-0.2, 0) is 11.8 Å². The predicted molar refractivity (Wildman–Crippen MR) is 124 cm³/mol. The lowest BCUT2D eigenvalue weighted by molar-refractivity contribution is 0.114. The number of aryl methyl sites for hydroxylation is 1. The number of anilines is 2. The van der Waals surface area contributed by atoms with Gasteiger partial charge in [-0.25, -0.2) is 14.3 Å². The second-order valence-corrected chi connectivity index (χ2v) is 8.08. The van der Waals surface area contributed by atoms with E-state index in [1.54, 1.807) is 22.4 Å². The minimum Gasteiger partial charge on any atom is -0.495 e. The molecule has 1 aliphatic carbocycles. The third-order valence-electron chi connectivity index (χ3n) is 5.88. The summed E-state index contributed by atoms with van der Waals surface area (Å²) in [6.07, 6.45) is 6.80. The highest BCUT2D eigenvalue weighted by atomic mass is 16.6. The van der Waals surface area contributed by atoms with Crippen LogP contribution in [0.3, 0.4) is 0 Å². The average molecular weight is 447 g/mol. The summed E-state index contributed by atoms with van der Waals surface area (Å²) >= 11 is 0. The molecule has 1 saturated carbocycles. The smallest absolute Gasteiger partial charge is 0.412 e. The predicted octanol–water partition coefficient (Wildman–Crippen LogP) is 3.88. The average Bonchev–Trinajstić information content (AvgIpc) is 3.54. The minimum absolute atomic E-state index is 0.0176. The Hall–Kier alpha value is -4.08. The number of methoxy groups -OCH3 is 1. The molecule has 0 spiro atoms. The van der Waals surface area contributed by atoms with E-state index >= 15 is 0 Å². The van der Waals surface area contributed by atoms with E-state index in [2.05, 4.69) is 20.5 Å². The van der Waals surface area contributed by atoms with Crippen molar-refractivity contribution in [3.63, 3.8) is 0 Å². The molecule has 33 heavy (non-hydrogen) atoms. The molecule has 10 nitrogen and oxygen atoms in total. The molecule has 0 aliphatic heterocycles. The van der Waals surface area contributed by atoms with Gasteiger partial charge in [-0.1, -0.05) is 6.07 Å². The molecule has 5 rings (SSSR count). The van der Waals surface area contributed by atoms with E-state index in [1.807, 2.05) is 37.5 Å². The van der Waals surface area contributed by atoms with Crippen molar-refractivity contribution in [1.82, 2.24) is 24.4 Å². The van der Waals surface area contributed by atoms with Gasteiger partial charge in [0, 0.05) is 18.8 Å². The number of carbonyl (C=O) groups is 1. The fourth-order valence-electron chi connectivity index (χ4n) is 4.28. The van der Waals surface area contributed by atoms with Gasteiger partial charge in [0.2, 0.25) is 0 Å². The van der Waals surface area contributed by atoms with E-state index < -0.39 is 6.09 Å². The molecule has 1 fully saturated rings. The molecule has 0 radical (unpaired) electrons. The molecule has 0 unspecified atom stereocenters. The Labute approximate surface area is 190 Å². The van der Waals surface area contributed by atoms with Crippen molar-refractivity contribution in [2.24, 2.45) is 7.05 Å². The number of ether oxygens (including phenoxy) is 2. The molecule has 0 atom stereocenters. The Balaban J connectivity index is 1.51. The van der Waals surface area contributed by atoms with Crippen molar-refractivity contribution in [3.8, 4) is 28.3 Å². The van der Waals surface area contributed by atoms with Crippen molar-refractivity contribution < 1.29 is 14.3 Å². The van der Waals surface area contributed by atoms with Crippen LogP contribution in [0.25, 0.3) is 28.0 Å². The van der Waals surface area contributed by atoms with E-state index in [1.165, 1.54) is 6.33 Å². The second-order valence-electron chi connectivity index (χ2n) is 8.08. The Bertz CT molecular complexity index is 1320. The van der Waals surface area contributed by atoms with Crippen LogP contribution in [0.5, 0.6) is 5.75 Å². The van der Waals surface area contributed by atoms with Crippen molar-refractivity contribution in [3.05, 3.63) is 42.9 Å². The lowest BCUT2D eigenvalue weighted by Gasteiger charge is -2.15. The number of aromatic nitrogens is 5. The summed E-state index contributed by atoms with van der Waals surface area (Å²) in [6.45, 7) is 0. The SMILES string of the molecule is COc1cc(-c2cc(-c3ccn(C)n3)n3ncnc(N)c23)ccc1NC(=O)OC1CCCC1. The van der Waals surface area contributed by atoms with Crippen LogP contribution >= 0.6 is 0 Å². The number of amides is 1. The molecule has 1 aliphatic rings. The van der Waals surface area contributed by atoms with Crippen molar-refractivity contribution in [2.45, 2.75) is 31.8 Å². The lowest BCUT2D eigenvalue weighted by atomic mass is 10.1. The molecule has 3 N–H and O–H groups in total. The van der Waals surface area contributed by atoms with Crippen LogP contribution in [0.4, 0.5) is 16.3 Å². The van der Waals surface area contributed by atoms with Crippen molar-refractivity contribution >= 4 is 23.1 Å². The third kappa shape index (κ3) is 3.95. The maximum atomic E-state index is 12.3. The Morgan fingerprint density at radius 2 is 2.03 bits per heavy atom. The van der Waals surface area contributed by atoms with Crippen LogP contribution in [0.1, 0.15) is 25.7 Å². The molecule has 4 aromatic rings. The van der Waals surface area contributed by atoms with Crippen LogP contribution in [0.15, 0.2) is 42.9 Å². The zero-order valence-corrected chi connectivity index (χ0v) is 18.5. The molecule has 3 heterocycles. The Morgan fingerprint density at radius 3 is 2.76 bits per heavy atom. The number of nitrogens with zero attached hydrogens (tertiary/aromatic N) is 5. The van der Waals surface area contributed by atoms with Crippen LogP contribution in [-0.4, -0.2) is 43.7 Å². The first-order valence-electron chi connectivity index (χ1n) is 10.8. The quantitative estimate of drug-likeness (QED) is 0.476. The van der Waals surface area contributed by atoms with Crippen molar-refractivity contribution in [1.29, 1.82) is 0 Å². The maximum Gasteiger partial charge on any atom is 0.412 e. The largest absolute Gasteiger partial charge is 0.495 e. The van der Waals surface area contributed by atoms with E-state index in [0.717, 1.165) is 48.2 Å². The molecule has 1 amide bonds. The van der Waals surface area contributed by atoms with Gasteiger partial charge in [0.1, 0.15) is 29.4 Å². The molecule has 3 aromatic heterocycles. The standard InChI is InChI=1S/C23H25N7O3/c1-29-10-9-17(28-29)19-12-16(21-22(24)25-13-26-30(19)21)14-7-8-18(20(11-14)32-2)27-23(31)33-15-5-3-4-6-15/h7-13,15H,3-6H2,1-2H3,(H,27,31)(H2,24,25,26). The molecule has 10 heteroatoms. The summed E-state index contributed by atoms with van der Waals surface area (Å²) in [4.78, 5) is 16.5. The van der Waals surface area contributed by atoms with E-state index in [0.29, 0.717) is 22.8 Å². The van der Waals surface area contributed by atoms with E-state index in [-0.39, 0.29) is 6.10 Å². The summed E-state index contributed by atoms with van der Waals surface area (Å²) in [7, 11) is 3.42. The first-order valence-corrected chi connectivity index (χ1v) is 10.8.